The number of hydrogen-bond acceptors (Lipinski definition) is 1. The Balaban J connectivity index is 1.67. The largest absolute Gasteiger partial charge is 0.315 e. The predicted octanol–water partition coefficient (Wildman–Crippen LogP) is 2.10. The van der Waals surface area contributed by atoms with E-state index in [0.29, 0.717) is 5.41 Å². The number of hydrogen-bond donors (Lipinski definition) is 1. The van der Waals surface area contributed by atoms with Crippen LogP contribution < -0.4 is 5.32 Å². The van der Waals surface area contributed by atoms with Gasteiger partial charge in [-0.2, -0.15) is 0 Å². The van der Waals surface area contributed by atoms with Gasteiger partial charge in [-0.25, -0.2) is 0 Å². The van der Waals surface area contributed by atoms with E-state index in [2.05, 4.69) is 11.4 Å². The van der Waals surface area contributed by atoms with Crippen LogP contribution in [0, 0.1) is 11.3 Å². The lowest BCUT2D eigenvalue weighted by Gasteiger charge is -2.40. The molecule has 0 aromatic heterocycles. The van der Waals surface area contributed by atoms with Gasteiger partial charge in [0, 0.05) is 18.5 Å². The summed E-state index contributed by atoms with van der Waals surface area (Å²) in [5, 5.41) is 3.41. The third-order valence-electron chi connectivity index (χ3n) is 4.01. The zero-order chi connectivity index (χ0) is 8.02. The zero-order valence-corrected chi connectivity index (χ0v) is 7.60. The summed E-state index contributed by atoms with van der Waals surface area (Å²) in [5.74, 6) is 1.00. The Labute approximate surface area is 74.2 Å². The average Bonchev–Trinajstić information content (AvgIpc) is 2.27. The highest BCUT2D eigenvalue weighted by Crippen LogP contribution is 2.47. The fourth-order valence-corrected chi connectivity index (χ4v) is 2.76. The van der Waals surface area contributed by atoms with Crippen LogP contribution in [0.2, 0.25) is 0 Å². The Morgan fingerprint density at radius 2 is 2.17 bits per heavy atom. The normalized spacial score (nSPS) is 32.8. The summed E-state index contributed by atoms with van der Waals surface area (Å²) in [4.78, 5) is 0. The molecule has 1 aliphatic heterocycles. The number of allylic oxidation sites excluding steroid dienone is 2. The minimum atomic E-state index is 0.699. The Morgan fingerprint density at radius 1 is 1.33 bits per heavy atom. The molecule has 3 rings (SSSR count). The van der Waals surface area contributed by atoms with E-state index in [1.807, 2.05) is 5.57 Å². The van der Waals surface area contributed by atoms with Crippen LogP contribution in [0.4, 0.5) is 0 Å². The number of rotatable bonds is 1. The fourth-order valence-electron chi connectivity index (χ4n) is 2.76. The van der Waals surface area contributed by atoms with Crippen LogP contribution in [0.3, 0.4) is 0 Å². The van der Waals surface area contributed by atoms with E-state index in [0.717, 1.165) is 5.92 Å². The summed E-state index contributed by atoms with van der Waals surface area (Å²) in [6, 6.07) is 0. The van der Waals surface area contributed by atoms with E-state index in [-0.39, 0.29) is 0 Å². The van der Waals surface area contributed by atoms with Crippen molar-refractivity contribution in [2.75, 3.05) is 13.1 Å². The maximum absolute atomic E-state index is 3.41. The maximum atomic E-state index is 3.41. The Bertz CT molecular complexity index is 221. The third kappa shape index (κ3) is 0.891. The van der Waals surface area contributed by atoms with Gasteiger partial charge in [0.05, 0.1) is 0 Å². The summed E-state index contributed by atoms with van der Waals surface area (Å²) in [7, 11) is 0. The highest BCUT2D eigenvalue weighted by Gasteiger charge is 2.41. The van der Waals surface area contributed by atoms with Gasteiger partial charge < -0.3 is 5.32 Å². The summed E-state index contributed by atoms with van der Waals surface area (Å²) in [6.07, 6.45) is 9.78. The molecule has 1 heterocycles. The maximum Gasteiger partial charge on any atom is 0.00263 e. The highest BCUT2D eigenvalue weighted by molar-refractivity contribution is 5.22. The molecule has 0 bridgehead atoms. The minimum absolute atomic E-state index is 0.699. The van der Waals surface area contributed by atoms with Gasteiger partial charge in [0.2, 0.25) is 0 Å². The molecule has 2 aliphatic carbocycles. The molecule has 3 aliphatic rings. The van der Waals surface area contributed by atoms with E-state index >= 15 is 0 Å². The highest BCUT2D eigenvalue weighted by atomic mass is 15.0. The SMILES string of the molecule is C1=C(C2CCC2)CC2(C1)CNC2. The second-order valence-electron chi connectivity index (χ2n) is 4.89. The smallest absolute Gasteiger partial charge is 0.00263 e. The lowest BCUT2D eigenvalue weighted by molar-refractivity contribution is 0.177. The van der Waals surface area contributed by atoms with Crippen LogP contribution in [0.25, 0.3) is 0 Å². The van der Waals surface area contributed by atoms with E-state index in [4.69, 9.17) is 0 Å². The first-order valence-electron chi connectivity index (χ1n) is 5.28. The monoisotopic (exact) mass is 163 g/mol. The average molecular weight is 163 g/mol. The topological polar surface area (TPSA) is 12.0 Å². The second kappa shape index (κ2) is 2.35. The van der Waals surface area contributed by atoms with Crippen molar-refractivity contribution >= 4 is 0 Å². The molecule has 1 saturated heterocycles. The van der Waals surface area contributed by atoms with Crippen molar-refractivity contribution in [3.05, 3.63) is 11.6 Å². The van der Waals surface area contributed by atoms with E-state index in [1.165, 1.54) is 45.2 Å². The minimum Gasteiger partial charge on any atom is -0.315 e. The molecule has 0 radical (unpaired) electrons. The molecule has 1 heteroatoms. The molecule has 12 heavy (non-hydrogen) atoms. The van der Waals surface area contributed by atoms with Crippen LogP contribution in [0.5, 0.6) is 0 Å². The van der Waals surface area contributed by atoms with Gasteiger partial charge >= 0.3 is 0 Å². The van der Waals surface area contributed by atoms with E-state index in [1.54, 1.807) is 0 Å². The molecule has 1 spiro atoms. The Kier molecular flexibility index (Phi) is 1.40. The molecule has 2 fully saturated rings. The van der Waals surface area contributed by atoms with Crippen molar-refractivity contribution in [2.45, 2.75) is 32.1 Å². The molecule has 1 N–H and O–H groups in total. The molecular formula is C11H17N. The molecule has 1 nitrogen and oxygen atoms in total. The quantitative estimate of drug-likeness (QED) is 0.584. The van der Waals surface area contributed by atoms with Crippen molar-refractivity contribution in [1.82, 2.24) is 5.32 Å². The lowest BCUT2D eigenvalue weighted by Crippen LogP contribution is -2.52. The van der Waals surface area contributed by atoms with Gasteiger partial charge in [-0.15, -0.1) is 0 Å². The van der Waals surface area contributed by atoms with Crippen LogP contribution in [-0.4, -0.2) is 13.1 Å². The summed E-state index contributed by atoms with van der Waals surface area (Å²) < 4.78 is 0. The van der Waals surface area contributed by atoms with Gasteiger partial charge in [-0.05, 0) is 31.6 Å². The summed E-state index contributed by atoms with van der Waals surface area (Å²) >= 11 is 0. The molecule has 66 valence electrons. The fraction of sp³-hybridized carbons (Fsp3) is 0.818. The molecule has 0 aromatic carbocycles. The second-order valence-corrected chi connectivity index (χ2v) is 4.89. The molecule has 0 atom stereocenters. The molecule has 0 amide bonds. The molecule has 0 unspecified atom stereocenters. The van der Waals surface area contributed by atoms with Gasteiger partial charge in [-0.1, -0.05) is 18.1 Å². The van der Waals surface area contributed by atoms with Crippen LogP contribution in [0.1, 0.15) is 32.1 Å². The van der Waals surface area contributed by atoms with Gasteiger partial charge in [0.25, 0.3) is 0 Å². The molecular weight excluding hydrogens is 146 g/mol. The van der Waals surface area contributed by atoms with E-state index < -0.39 is 0 Å². The Hall–Kier alpha value is -0.300. The van der Waals surface area contributed by atoms with Crippen molar-refractivity contribution < 1.29 is 0 Å². The number of nitrogens with one attached hydrogen (secondary N) is 1. The first kappa shape index (κ1) is 7.14. The van der Waals surface area contributed by atoms with Crippen molar-refractivity contribution in [3.8, 4) is 0 Å². The van der Waals surface area contributed by atoms with E-state index in [9.17, 15) is 0 Å². The van der Waals surface area contributed by atoms with Gasteiger partial charge in [0.15, 0.2) is 0 Å². The summed E-state index contributed by atoms with van der Waals surface area (Å²) in [6.45, 7) is 2.56. The van der Waals surface area contributed by atoms with Gasteiger partial charge in [0.1, 0.15) is 0 Å². The molecule has 1 saturated carbocycles. The lowest BCUT2D eigenvalue weighted by atomic mass is 9.74. The van der Waals surface area contributed by atoms with Crippen LogP contribution in [0.15, 0.2) is 11.6 Å². The van der Waals surface area contributed by atoms with Crippen LogP contribution in [-0.2, 0) is 0 Å². The first-order chi connectivity index (χ1) is 5.88. The van der Waals surface area contributed by atoms with Crippen molar-refractivity contribution in [1.29, 1.82) is 0 Å². The van der Waals surface area contributed by atoms with Crippen molar-refractivity contribution in [3.63, 3.8) is 0 Å². The Morgan fingerprint density at radius 3 is 2.58 bits per heavy atom. The summed E-state index contributed by atoms with van der Waals surface area (Å²) in [5.41, 5.74) is 2.51. The van der Waals surface area contributed by atoms with Crippen molar-refractivity contribution in [2.24, 2.45) is 11.3 Å². The standard InChI is InChI=1S/C11H17N/c1-2-9(3-1)10-4-5-11(6-10)7-12-8-11/h4,9,12H,1-3,5-8H2. The van der Waals surface area contributed by atoms with Crippen LogP contribution >= 0.6 is 0 Å². The predicted molar refractivity (Wildman–Crippen MR) is 50.0 cm³/mol. The van der Waals surface area contributed by atoms with Gasteiger partial charge in [-0.3, -0.25) is 0 Å². The zero-order valence-electron chi connectivity index (χ0n) is 7.60. The molecule has 0 aromatic rings. The third-order valence-corrected chi connectivity index (χ3v) is 4.01. The first-order valence-corrected chi connectivity index (χ1v) is 5.28.